The van der Waals surface area contributed by atoms with Gasteiger partial charge in [0.1, 0.15) is 6.10 Å². The van der Waals surface area contributed by atoms with Crippen molar-refractivity contribution in [3.05, 3.63) is 67.8 Å². The third-order valence-electron chi connectivity index (χ3n) is 5.19. The third-order valence-corrected chi connectivity index (χ3v) is 6.24. The number of halogens is 10. The molecule has 1 heterocycles. The van der Waals surface area contributed by atoms with Gasteiger partial charge in [0.05, 0.1) is 30.1 Å². The van der Waals surface area contributed by atoms with Crippen molar-refractivity contribution in [2.75, 3.05) is 0 Å². The molecule has 2 atom stereocenters. The molecule has 0 radical (unpaired) electrons. The smallest absolute Gasteiger partial charge is 0.416 e. The number of hydrogen-bond acceptors (Lipinski definition) is 2. The van der Waals surface area contributed by atoms with E-state index in [1.165, 1.54) is 25.1 Å². The molecule has 0 spiro atoms. The summed E-state index contributed by atoms with van der Waals surface area (Å²) in [6, 6.07) is 3.88. The van der Waals surface area contributed by atoms with Crippen molar-refractivity contribution in [3.8, 4) is 0 Å². The van der Waals surface area contributed by atoms with Crippen LogP contribution in [0, 0.1) is 3.57 Å². The number of ether oxygens (including phenoxy) is 1. The van der Waals surface area contributed by atoms with Gasteiger partial charge in [-0.2, -0.15) is 39.5 Å². The number of nitrogens with zero attached hydrogens (tertiary/aromatic N) is 1. The van der Waals surface area contributed by atoms with Crippen molar-refractivity contribution in [3.63, 3.8) is 0 Å². The largest absolute Gasteiger partial charge is 0.439 e. The summed E-state index contributed by atoms with van der Waals surface area (Å²) >= 11 is 1.85. The maximum Gasteiger partial charge on any atom is 0.416 e. The van der Waals surface area contributed by atoms with Crippen LogP contribution in [0.25, 0.3) is 0 Å². The van der Waals surface area contributed by atoms with Crippen LogP contribution in [0.15, 0.2) is 36.4 Å². The predicted molar refractivity (Wildman–Crippen MR) is 110 cm³/mol. The van der Waals surface area contributed by atoms with Crippen molar-refractivity contribution in [1.82, 2.24) is 4.90 Å². The summed E-state index contributed by atoms with van der Waals surface area (Å²) in [6.07, 6.45) is -18.3. The quantitative estimate of drug-likeness (QED) is 0.265. The molecule has 2 aromatic carbocycles. The van der Waals surface area contributed by atoms with E-state index in [1.54, 1.807) is 0 Å². The molecular formula is C21H15F9INO2. The van der Waals surface area contributed by atoms with Crippen LogP contribution in [-0.4, -0.2) is 23.2 Å². The number of amides is 1. The molecule has 34 heavy (non-hydrogen) atoms. The first-order valence-corrected chi connectivity index (χ1v) is 10.6. The lowest BCUT2D eigenvalue weighted by Crippen LogP contribution is -2.32. The van der Waals surface area contributed by atoms with Gasteiger partial charge in [-0.05, 0) is 70.5 Å². The van der Waals surface area contributed by atoms with Gasteiger partial charge in [-0.15, -0.1) is 0 Å². The molecule has 3 nitrogen and oxygen atoms in total. The first-order chi connectivity index (χ1) is 15.5. The van der Waals surface area contributed by atoms with Crippen LogP contribution in [0.1, 0.15) is 40.8 Å². The van der Waals surface area contributed by atoms with Crippen LogP contribution < -0.4 is 0 Å². The molecule has 2 aromatic rings. The van der Waals surface area contributed by atoms with Gasteiger partial charge in [0.15, 0.2) is 0 Å². The summed E-state index contributed by atoms with van der Waals surface area (Å²) in [4.78, 5) is 13.5. The van der Waals surface area contributed by atoms with E-state index >= 15 is 0 Å². The first-order valence-electron chi connectivity index (χ1n) is 9.56. The number of cyclic esters (lactones) is 1. The van der Waals surface area contributed by atoms with E-state index in [4.69, 9.17) is 4.74 Å². The van der Waals surface area contributed by atoms with E-state index in [2.05, 4.69) is 0 Å². The molecule has 1 aliphatic heterocycles. The summed E-state index contributed by atoms with van der Waals surface area (Å²) in [5.41, 5.74) is -3.33. The molecule has 1 amide bonds. The van der Waals surface area contributed by atoms with Gasteiger partial charge in [0.25, 0.3) is 0 Å². The van der Waals surface area contributed by atoms with Gasteiger partial charge in [-0.1, -0.05) is 12.1 Å². The minimum atomic E-state index is -5.07. The van der Waals surface area contributed by atoms with E-state index in [-0.39, 0.29) is 18.2 Å². The third kappa shape index (κ3) is 6.08. The number of hydrogen-bond donors (Lipinski definition) is 0. The Morgan fingerprint density at radius 2 is 1.47 bits per heavy atom. The fourth-order valence-corrected chi connectivity index (χ4v) is 4.08. The molecule has 0 unspecified atom stereocenters. The number of carbonyl (C=O) groups is 1. The molecule has 13 heteroatoms. The highest BCUT2D eigenvalue weighted by atomic mass is 127. The fraction of sp³-hybridized carbons (Fsp3) is 0.381. The highest BCUT2D eigenvalue weighted by molar-refractivity contribution is 14.1. The Bertz CT molecular complexity index is 1050. The van der Waals surface area contributed by atoms with Crippen molar-refractivity contribution < 1.29 is 49.0 Å². The maximum atomic E-state index is 13.2. The lowest BCUT2D eigenvalue weighted by Gasteiger charge is -2.23. The van der Waals surface area contributed by atoms with Gasteiger partial charge >= 0.3 is 24.6 Å². The van der Waals surface area contributed by atoms with Crippen molar-refractivity contribution in [2.45, 2.75) is 50.6 Å². The summed E-state index contributed by atoms with van der Waals surface area (Å²) < 4.78 is 123. The molecule has 0 bridgehead atoms. The Morgan fingerprint density at radius 3 is 1.97 bits per heavy atom. The maximum absolute atomic E-state index is 13.2. The minimum absolute atomic E-state index is 0.0305. The van der Waals surface area contributed by atoms with Gasteiger partial charge in [0.2, 0.25) is 0 Å². The normalized spacial score (nSPS) is 19.5. The summed E-state index contributed by atoms with van der Waals surface area (Å²) in [7, 11) is 0. The predicted octanol–water partition coefficient (Wildman–Crippen LogP) is 7.52. The zero-order chi connectivity index (χ0) is 25.6. The van der Waals surface area contributed by atoms with Crippen LogP contribution in [-0.2, 0) is 30.1 Å². The van der Waals surface area contributed by atoms with Gasteiger partial charge in [-0.25, -0.2) is 4.79 Å². The SMILES string of the molecule is C[C@H]1[C@@H](c2cc(C(F)(F)F)cc(C(F)(F)F)c2)OC(=O)N1Cc1cc(CC(F)(F)F)ccc1I. The number of benzene rings is 2. The Kier molecular flexibility index (Phi) is 7.08. The zero-order valence-electron chi connectivity index (χ0n) is 17.1. The summed E-state index contributed by atoms with van der Waals surface area (Å²) in [5, 5.41) is 0. The summed E-state index contributed by atoms with van der Waals surface area (Å²) in [5.74, 6) is 0. The van der Waals surface area contributed by atoms with Crippen LogP contribution in [0.2, 0.25) is 0 Å². The van der Waals surface area contributed by atoms with Crippen molar-refractivity contribution in [2.24, 2.45) is 0 Å². The van der Waals surface area contributed by atoms with E-state index in [0.29, 0.717) is 21.3 Å². The Morgan fingerprint density at radius 1 is 0.912 bits per heavy atom. The molecule has 1 aliphatic rings. The topological polar surface area (TPSA) is 29.5 Å². The van der Waals surface area contributed by atoms with E-state index < -0.39 is 59.9 Å². The Balaban J connectivity index is 1.93. The Labute approximate surface area is 201 Å². The van der Waals surface area contributed by atoms with Crippen LogP contribution in [0.5, 0.6) is 0 Å². The second-order valence-corrected chi connectivity index (χ2v) is 8.89. The highest BCUT2D eigenvalue weighted by Crippen LogP contribution is 2.41. The number of alkyl halides is 9. The molecule has 0 aliphatic carbocycles. The molecule has 0 N–H and O–H groups in total. The average molecular weight is 611 g/mol. The van der Waals surface area contributed by atoms with Crippen LogP contribution in [0.4, 0.5) is 44.3 Å². The van der Waals surface area contributed by atoms with Gasteiger partial charge in [0, 0.05) is 3.57 Å². The molecule has 3 rings (SSSR count). The van der Waals surface area contributed by atoms with Gasteiger partial charge in [-0.3, -0.25) is 4.90 Å². The van der Waals surface area contributed by atoms with E-state index in [9.17, 15) is 44.3 Å². The molecule has 0 aromatic heterocycles. The molecular weight excluding hydrogens is 596 g/mol. The first kappa shape index (κ1) is 26.4. The second-order valence-electron chi connectivity index (χ2n) is 7.73. The van der Waals surface area contributed by atoms with Crippen LogP contribution in [0.3, 0.4) is 0 Å². The lowest BCUT2D eigenvalue weighted by atomic mass is 9.97. The molecule has 1 saturated heterocycles. The average Bonchev–Trinajstić information content (AvgIpc) is 2.96. The molecule has 0 saturated carbocycles. The van der Waals surface area contributed by atoms with Crippen LogP contribution >= 0.6 is 22.6 Å². The Hall–Kier alpha value is -2.19. The standard InChI is InChI=1S/C21H15F9INO2/c1-10-17(12-5-14(20(25,26)27)7-15(6-12)21(28,29)30)34-18(33)32(10)9-13-4-11(2-3-16(13)31)8-19(22,23)24/h2-7,10,17H,8-9H2,1H3/t10-,17-/m0/s1. The zero-order valence-corrected chi connectivity index (χ0v) is 19.2. The number of rotatable bonds is 4. The van der Waals surface area contributed by atoms with E-state index in [1.807, 2.05) is 22.6 Å². The monoisotopic (exact) mass is 611 g/mol. The molecule has 1 fully saturated rings. The molecule has 186 valence electrons. The second kappa shape index (κ2) is 9.11. The van der Waals surface area contributed by atoms with Crippen molar-refractivity contribution in [1.29, 1.82) is 0 Å². The highest BCUT2D eigenvalue weighted by Gasteiger charge is 2.43. The number of carbonyl (C=O) groups excluding carboxylic acids is 1. The lowest BCUT2D eigenvalue weighted by molar-refractivity contribution is -0.143. The van der Waals surface area contributed by atoms with Gasteiger partial charge < -0.3 is 4.74 Å². The minimum Gasteiger partial charge on any atom is -0.439 e. The fourth-order valence-electron chi connectivity index (χ4n) is 3.58. The summed E-state index contributed by atoms with van der Waals surface area (Å²) in [6.45, 7) is 1.13. The van der Waals surface area contributed by atoms with E-state index in [0.717, 1.165) is 4.90 Å². The van der Waals surface area contributed by atoms with Crippen molar-refractivity contribution >= 4 is 28.7 Å².